The molecule has 0 aromatic heterocycles. The highest BCUT2D eigenvalue weighted by molar-refractivity contribution is 5.92. The van der Waals surface area contributed by atoms with Gasteiger partial charge in [0.05, 0.1) is 24.3 Å². The lowest BCUT2D eigenvalue weighted by molar-refractivity contribution is -0.118. The van der Waals surface area contributed by atoms with Crippen molar-refractivity contribution in [3.8, 4) is 6.07 Å². The van der Waals surface area contributed by atoms with E-state index in [-0.39, 0.29) is 12.0 Å². The number of carbonyl (C=O) groups is 1. The van der Waals surface area contributed by atoms with Gasteiger partial charge in [0.1, 0.15) is 0 Å². The molecule has 2 atom stereocenters. The Balaban J connectivity index is 1.85. The van der Waals surface area contributed by atoms with E-state index in [1.165, 1.54) is 0 Å². The molecule has 0 spiro atoms. The SMILES string of the molecule is COC1CN(CC(=O)Nc2ccc(C#N)cc2)CCC1C. The van der Waals surface area contributed by atoms with Crippen LogP contribution in [0.4, 0.5) is 5.69 Å². The van der Waals surface area contributed by atoms with E-state index in [4.69, 9.17) is 10.00 Å². The summed E-state index contributed by atoms with van der Waals surface area (Å²) in [5.41, 5.74) is 1.30. The van der Waals surface area contributed by atoms with E-state index in [1.807, 2.05) is 0 Å². The van der Waals surface area contributed by atoms with Crippen molar-refractivity contribution in [1.82, 2.24) is 4.90 Å². The largest absolute Gasteiger partial charge is 0.380 e. The number of nitrogens with zero attached hydrogens (tertiary/aromatic N) is 2. The number of anilines is 1. The average molecular weight is 287 g/mol. The molecule has 1 aromatic rings. The Bertz CT molecular complexity index is 521. The molecule has 1 saturated heterocycles. The highest BCUT2D eigenvalue weighted by atomic mass is 16.5. The molecule has 1 N–H and O–H groups in total. The number of piperidine rings is 1. The maximum Gasteiger partial charge on any atom is 0.238 e. The van der Waals surface area contributed by atoms with Gasteiger partial charge in [-0.25, -0.2) is 0 Å². The number of hydrogen-bond acceptors (Lipinski definition) is 4. The molecular formula is C16H21N3O2. The van der Waals surface area contributed by atoms with Gasteiger partial charge in [-0.1, -0.05) is 6.92 Å². The fraction of sp³-hybridized carbons (Fsp3) is 0.500. The minimum atomic E-state index is -0.0379. The van der Waals surface area contributed by atoms with Crippen LogP contribution in [0.3, 0.4) is 0 Å². The van der Waals surface area contributed by atoms with Crippen molar-refractivity contribution in [3.63, 3.8) is 0 Å². The molecule has 0 aliphatic carbocycles. The first kappa shape index (κ1) is 15.5. The summed E-state index contributed by atoms with van der Waals surface area (Å²) in [5.74, 6) is 0.497. The first-order chi connectivity index (χ1) is 10.1. The number of hydrogen-bond donors (Lipinski definition) is 1. The zero-order valence-electron chi connectivity index (χ0n) is 12.5. The third-order valence-electron chi connectivity index (χ3n) is 3.94. The first-order valence-corrected chi connectivity index (χ1v) is 7.17. The summed E-state index contributed by atoms with van der Waals surface area (Å²) < 4.78 is 5.46. The van der Waals surface area contributed by atoms with E-state index in [0.717, 1.165) is 19.5 Å². The summed E-state index contributed by atoms with van der Waals surface area (Å²) in [6, 6.07) is 8.93. The van der Waals surface area contributed by atoms with Crippen LogP contribution >= 0.6 is 0 Å². The van der Waals surface area contributed by atoms with Gasteiger partial charge in [0, 0.05) is 19.3 Å². The summed E-state index contributed by atoms with van der Waals surface area (Å²) in [6.45, 7) is 4.26. The molecule has 0 saturated carbocycles. The molecular weight excluding hydrogens is 266 g/mol. The predicted octanol–water partition coefficient (Wildman–Crippen LogP) is 1.85. The van der Waals surface area contributed by atoms with Crippen molar-refractivity contribution >= 4 is 11.6 Å². The zero-order valence-corrected chi connectivity index (χ0v) is 12.5. The molecule has 2 unspecified atom stereocenters. The van der Waals surface area contributed by atoms with Gasteiger partial charge in [0.25, 0.3) is 0 Å². The Morgan fingerprint density at radius 1 is 1.48 bits per heavy atom. The molecule has 1 heterocycles. The average Bonchev–Trinajstić information content (AvgIpc) is 2.50. The molecule has 1 aromatic carbocycles. The van der Waals surface area contributed by atoms with Gasteiger partial charge < -0.3 is 10.1 Å². The molecule has 1 aliphatic heterocycles. The van der Waals surface area contributed by atoms with E-state index in [2.05, 4.69) is 23.2 Å². The van der Waals surface area contributed by atoms with E-state index in [1.54, 1.807) is 31.4 Å². The number of rotatable bonds is 4. The maximum atomic E-state index is 12.1. The number of methoxy groups -OCH3 is 1. The Kier molecular flexibility index (Phi) is 5.32. The highest BCUT2D eigenvalue weighted by Crippen LogP contribution is 2.19. The van der Waals surface area contributed by atoms with Crippen LogP contribution in [-0.2, 0) is 9.53 Å². The van der Waals surface area contributed by atoms with Crippen LogP contribution in [0.25, 0.3) is 0 Å². The quantitative estimate of drug-likeness (QED) is 0.918. The molecule has 1 fully saturated rings. The maximum absolute atomic E-state index is 12.1. The fourth-order valence-corrected chi connectivity index (χ4v) is 2.58. The van der Waals surface area contributed by atoms with Crippen molar-refractivity contribution < 1.29 is 9.53 Å². The summed E-state index contributed by atoms with van der Waals surface area (Å²) in [7, 11) is 1.72. The minimum absolute atomic E-state index is 0.0379. The van der Waals surface area contributed by atoms with Crippen molar-refractivity contribution in [2.75, 3.05) is 32.1 Å². The summed E-state index contributed by atoms with van der Waals surface area (Å²) >= 11 is 0. The molecule has 5 heteroatoms. The number of nitriles is 1. The van der Waals surface area contributed by atoms with Crippen molar-refractivity contribution in [2.45, 2.75) is 19.4 Å². The van der Waals surface area contributed by atoms with Crippen LogP contribution < -0.4 is 5.32 Å². The van der Waals surface area contributed by atoms with Crippen LogP contribution in [0.15, 0.2) is 24.3 Å². The molecule has 2 rings (SSSR count). The zero-order chi connectivity index (χ0) is 15.2. The minimum Gasteiger partial charge on any atom is -0.380 e. The molecule has 1 amide bonds. The molecule has 1 aliphatic rings. The van der Waals surface area contributed by atoms with Gasteiger partial charge in [0.15, 0.2) is 0 Å². The van der Waals surface area contributed by atoms with Gasteiger partial charge in [-0.2, -0.15) is 5.26 Å². The lowest BCUT2D eigenvalue weighted by Gasteiger charge is -2.35. The van der Waals surface area contributed by atoms with Crippen LogP contribution in [0.5, 0.6) is 0 Å². The predicted molar refractivity (Wildman–Crippen MR) is 80.8 cm³/mol. The van der Waals surface area contributed by atoms with Crippen LogP contribution in [-0.4, -0.2) is 43.7 Å². The molecule has 0 bridgehead atoms. The summed E-state index contributed by atoms with van der Waals surface area (Å²) in [6.07, 6.45) is 1.24. The van der Waals surface area contributed by atoms with Crippen LogP contribution in [0.1, 0.15) is 18.9 Å². The van der Waals surface area contributed by atoms with Gasteiger partial charge in [-0.05, 0) is 43.1 Å². The number of nitrogens with one attached hydrogen (secondary N) is 1. The molecule has 112 valence electrons. The standard InChI is InChI=1S/C16H21N3O2/c1-12-7-8-19(10-15(12)21-2)11-16(20)18-14-5-3-13(9-17)4-6-14/h3-6,12,15H,7-8,10-11H2,1-2H3,(H,18,20). The van der Waals surface area contributed by atoms with Gasteiger partial charge in [-0.15, -0.1) is 0 Å². The van der Waals surface area contributed by atoms with E-state index in [0.29, 0.717) is 23.7 Å². The lowest BCUT2D eigenvalue weighted by Crippen LogP contribution is -2.46. The third-order valence-corrected chi connectivity index (χ3v) is 3.94. The Morgan fingerprint density at radius 3 is 2.81 bits per heavy atom. The number of carbonyl (C=O) groups excluding carboxylic acids is 1. The second-order valence-corrected chi connectivity index (χ2v) is 5.51. The Labute approximate surface area is 125 Å². The Hall–Kier alpha value is -1.90. The summed E-state index contributed by atoms with van der Waals surface area (Å²) in [5, 5.41) is 11.6. The van der Waals surface area contributed by atoms with Crippen molar-refractivity contribution in [1.29, 1.82) is 5.26 Å². The van der Waals surface area contributed by atoms with E-state index >= 15 is 0 Å². The second-order valence-electron chi connectivity index (χ2n) is 5.51. The molecule has 21 heavy (non-hydrogen) atoms. The first-order valence-electron chi connectivity index (χ1n) is 7.17. The highest BCUT2D eigenvalue weighted by Gasteiger charge is 2.26. The van der Waals surface area contributed by atoms with E-state index in [9.17, 15) is 4.79 Å². The smallest absolute Gasteiger partial charge is 0.238 e. The molecule has 0 radical (unpaired) electrons. The fourth-order valence-electron chi connectivity index (χ4n) is 2.58. The normalized spacial score (nSPS) is 22.5. The van der Waals surface area contributed by atoms with Crippen molar-refractivity contribution in [3.05, 3.63) is 29.8 Å². The topological polar surface area (TPSA) is 65.4 Å². The van der Waals surface area contributed by atoms with Gasteiger partial charge in [0.2, 0.25) is 5.91 Å². The summed E-state index contributed by atoms with van der Waals surface area (Å²) in [4.78, 5) is 14.2. The van der Waals surface area contributed by atoms with E-state index < -0.39 is 0 Å². The number of likely N-dealkylation sites (tertiary alicyclic amines) is 1. The number of amides is 1. The van der Waals surface area contributed by atoms with Crippen molar-refractivity contribution in [2.24, 2.45) is 5.92 Å². The van der Waals surface area contributed by atoms with Gasteiger partial charge in [-0.3, -0.25) is 9.69 Å². The number of ether oxygens (including phenoxy) is 1. The number of benzene rings is 1. The molecule has 5 nitrogen and oxygen atoms in total. The van der Waals surface area contributed by atoms with Crippen LogP contribution in [0, 0.1) is 17.2 Å². The monoisotopic (exact) mass is 287 g/mol. The third kappa shape index (κ3) is 4.28. The van der Waals surface area contributed by atoms with Gasteiger partial charge >= 0.3 is 0 Å². The Morgan fingerprint density at radius 2 is 2.19 bits per heavy atom. The lowest BCUT2D eigenvalue weighted by atomic mass is 9.96. The van der Waals surface area contributed by atoms with Crippen LogP contribution in [0.2, 0.25) is 0 Å². The second kappa shape index (κ2) is 7.21.